The van der Waals surface area contributed by atoms with Gasteiger partial charge in [-0.05, 0) is 23.8 Å². The van der Waals surface area contributed by atoms with E-state index >= 15 is 0 Å². The first-order valence-corrected chi connectivity index (χ1v) is 8.72. The molecule has 1 aliphatic heterocycles. The Hall–Kier alpha value is -1.66. The van der Waals surface area contributed by atoms with Crippen LogP contribution in [0.15, 0.2) is 34.4 Å². The van der Waals surface area contributed by atoms with E-state index in [1.807, 2.05) is 45.0 Å². The smallest absolute Gasteiger partial charge is 0.270 e. The highest BCUT2D eigenvalue weighted by molar-refractivity contribution is 9.10. The van der Waals surface area contributed by atoms with Crippen LogP contribution in [0.4, 0.5) is 0 Å². The van der Waals surface area contributed by atoms with Gasteiger partial charge >= 0.3 is 0 Å². The quantitative estimate of drug-likeness (QED) is 0.801. The molecule has 0 radical (unpaired) electrons. The maximum atomic E-state index is 12.8. The average molecular weight is 395 g/mol. The number of hydrogen-bond acceptors (Lipinski definition) is 3. The summed E-state index contributed by atoms with van der Waals surface area (Å²) in [5, 5.41) is 2.80. The van der Waals surface area contributed by atoms with Crippen molar-refractivity contribution in [2.45, 2.75) is 20.8 Å². The van der Waals surface area contributed by atoms with Crippen molar-refractivity contribution in [1.29, 1.82) is 0 Å². The van der Waals surface area contributed by atoms with Crippen molar-refractivity contribution in [3.63, 3.8) is 0 Å². The van der Waals surface area contributed by atoms with Crippen LogP contribution in [0.5, 0.6) is 0 Å². The van der Waals surface area contributed by atoms with Crippen LogP contribution in [-0.2, 0) is 14.3 Å². The van der Waals surface area contributed by atoms with E-state index in [-0.39, 0.29) is 11.8 Å². The van der Waals surface area contributed by atoms with Gasteiger partial charge in [0.25, 0.3) is 5.91 Å². The predicted molar refractivity (Wildman–Crippen MR) is 97.1 cm³/mol. The van der Waals surface area contributed by atoms with Crippen LogP contribution in [0, 0.1) is 5.41 Å². The SMILES string of the molecule is CC(C)(C)C(=O)NC(=Cc1ccc(Br)cc1)C(=O)N1CCOCC1. The lowest BCUT2D eigenvalue weighted by Gasteiger charge is -2.28. The van der Waals surface area contributed by atoms with Crippen molar-refractivity contribution in [1.82, 2.24) is 10.2 Å². The van der Waals surface area contributed by atoms with Gasteiger partial charge in [-0.25, -0.2) is 0 Å². The van der Waals surface area contributed by atoms with E-state index < -0.39 is 5.41 Å². The first-order valence-electron chi connectivity index (χ1n) is 7.93. The number of nitrogens with zero attached hydrogens (tertiary/aromatic N) is 1. The van der Waals surface area contributed by atoms with Gasteiger partial charge in [0, 0.05) is 23.0 Å². The second-order valence-corrected chi connectivity index (χ2v) is 7.63. The number of ether oxygens (including phenoxy) is 1. The Morgan fingerprint density at radius 1 is 1.17 bits per heavy atom. The molecule has 1 saturated heterocycles. The van der Waals surface area contributed by atoms with E-state index in [1.54, 1.807) is 11.0 Å². The van der Waals surface area contributed by atoms with E-state index in [0.29, 0.717) is 32.0 Å². The van der Waals surface area contributed by atoms with Gasteiger partial charge in [-0.2, -0.15) is 0 Å². The minimum absolute atomic E-state index is 0.182. The van der Waals surface area contributed by atoms with Crippen molar-refractivity contribution in [2.24, 2.45) is 5.41 Å². The average Bonchev–Trinajstić information content (AvgIpc) is 2.55. The van der Waals surface area contributed by atoms with Crippen molar-refractivity contribution in [2.75, 3.05) is 26.3 Å². The summed E-state index contributed by atoms with van der Waals surface area (Å²) in [4.78, 5) is 26.9. The third kappa shape index (κ3) is 5.18. The lowest BCUT2D eigenvalue weighted by atomic mass is 9.95. The molecule has 0 aromatic heterocycles. The molecule has 24 heavy (non-hydrogen) atoms. The molecule has 0 unspecified atom stereocenters. The maximum absolute atomic E-state index is 12.8. The van der Waals surface area contributed by atoms with Crippen molar-refractivity contribution in [3.05, 3.63) is 40.0 Å². The Labute approximate surface area is 151 Å². The molecule has 5 nitrogen and oxygen atoms in total. The van der Waals surface area contributed by atoms with Crippen molar-refractivity contribution < 1.29 is 14.3 Å². The fourth-order valence-electron chi connectivity index (χ4n) is 2.12. The van der Waals surface area contributed by atoms with Crippen LogP contribution in [-0.4, -0.2) is 43.0 Å². The third-order valence-corrected chi connectivity index (χ3v) is 4.17. The number of carbonyl (C=O) groups excluding carboxylic acids is 2. The van der Waals surface area contributed by atoms with E-state index in [1.165, 1.54) is 0 Å². The second-order valence-electron chi connectivity index (χ2n) is 6.72. The number of carbonyl (C=O) groups is 2. The van der Waals surface area contributed by atoms with Gasteiger partial charge in [0.05, 0.1) is 13.2 Å². The minimum atomic E-state index is -0.579. The van der Waals surface area contributed by atoms with Crippen LogP contribution < -0.4 is 5.32 Å². The summed E-state index contributed by atoms with van der Waals surface area (Å²) in [7, 11) is 0. The monoisotopic (exact) mass is 394 g/mol. The molecule has 0 saturated carbocycles. The fourth-order valence-corrected chi connectivity index (χ4v) is 2.39. The summed E-state index contributed by atoms with van der Waals surface area (Å²) in [5.74, 6) is -0.369. The Kier molecular flexibility index (Phi) is 6.18. The van der Waals surface area contributed by atoms with Crippen LogP contribution in [0.25, 0.3) is 6.08 Å². The van der Waals surface area contributed by atoms with Gasteiger partial charge < -0.3 is 15.0 Å². The zero-order chi connectivity index (χ0) is 17.7. The molecular formula is C18H23BrN2O3. The molecule has 1 fully saturated rings. The molecule has 2 rings (SSSR count). The number of rotatable bonds is 3. The minimum Gasteiger partial charge on any atom is -0.378 e. The Morgan fingerprint density at radius 2 is 1.75 bits per heavy atom. The summed E-state index contributed by atoms with van der Waals surface area (Å²) in [6.07, 6.45) is 1.72. The topological polar surface area (TPSA) is 58.6 Å². The molecule has 0 atom stereocenters. The number of nitrogens with one attached hydrogen (secondary N) is 1. The Bertz CT molecular complexity index is 627. The molecule has 130 valence electrons. The number of halogens is 1. The van der Waals surface area contributed by atoms with E-state index in [0.717, 1.165) is 10.0 Å². The number of morpholine rings is 1. The van der Waals surface area contributed by atoms with Crippen molar-refractivity contribution >= 4 is 33.8 Å². The third-order valence-electron chi connectivity index (χ3n) is 3.64. The molecular weight excluding hydrogens is 372 g/mol. The van der Waals surface area contributed by atoms with Gasteiger partial charge in [0.2, 0.25) is 5.91 Å². The largest absolute Gasteiger partial charge is 0.378 e. The number of amides is 2. The lowest BCUT2D eigenvalue weighted by molar-refractivity contribution is -0.134. The molecule has 1 aromatic rings. The van der Waals surface area contributed by atoms with Crippen LogP contribution >= 0.6 is 15.9 Å². The zero-order valence-electron chi connectivity index (χ0n) is 14.3. The molecule has 1 aromatic carbocycles. The fraction of sp³-hybridized carbons (Fsp3) is 0.444. The molecule has 0 aliphatic carbocycles. The van der Waals surface area contributed by atoms with E-state index in [2.05, 4.69) is 21.2 Å². The molecule has 2 amide bonds. The standard InChI is InChI=1S/C18H23BrN2O3/c1-18(2,3)17(23)20-15(12-13-4-6-14(19)7-5-13)16(22)21-8-10-24-11-9-21/h4-7,12H,8-11H2,1-3H3,(H,20,23). The van der Waals surface area contributed by atoms with Gasteiger partial charge in [0.1, 0.15) is 5.70 Å². The normalized spacial score (nSPS) is 16.0. The van der Waals surface area contributed by atoms with Gasteiger partial charge in [-0.3, -0.25) is 9.59 Å². The van der Waals surface area contributed by atoms with E-state index in [4.69, 9.17) is 4.74 Å². The van der Waals surface area contributed by atoms with Gasteiger partial charge in [-0.1, -0.05) is 48.8 Å². The Morgan fingerprint density at radius 3 is 2.29 bits per heavy atom. The molecule has 6 heteroatoms. The highest BCUT2D eigenvalue weighted by Crippen LogP contribution is 2.17. The van der Waals surface area contributed by atoms with Gasteiger partial charge in [0.15, 0.2) is 0 Å². The summed E-state index contributed by atoms with van der Waals surface area (Å²) >= 11 is 3.39. The highest BCUT2D eigenvalue weighted by Gasteiger charge is 2.27. The lowest BCUT2D eigenvalue weighted by Crippen LogP contribution is -2.46. The molecule has 0 bridgehead atoms. The zero-order valence-corrected chi connectivity index (χ0v) is 15.9. The van der Waals surface area contributed by atoms with Crippen LogP contribution in [0.3, 0.4) is 0 Å². The first kappa shape index (κ1) is 18.7. The van der Waals surface area contributed by atoms with E-state index in [9.17, 15) is 9.59 Å². The molecule has 1 N–H and O–H groups in total. The molecule has 1 heterocycles. The first-order chi connectivity index (χ1) is 11.3. The summed E-state index contributed by atoms with van der Waals surface area (Å²) in [6, 6.07) is 7.57. The maximum Gasteiger partial charge on any atom is 0.270 e. The van der Waals surface area contributed by atoms with Crippen LogP contribution in [0.2, 0.25) is 0 Å². The summed E-state index contributed by atoms with van der Waals surface area (Å²) in [5.41, 5.74) is 0.563. The van der Waals surface area contributed by atoms with Crippen molar-refractivity contribution in [3.8, 4) is 0 Å². The number of benzene rings is 1. The molecule has 1 aliphatic rings. The number of hydrogen-bond donors (Lipinski definition) is 1. The van der Waals surface area contributed by atoms with Gasteiger partial charge in [-0.15, -0.1) is 0 Å². The highest BCUT2D eigenvalue weighted by atomic mass is 79.9. The molecule has 0 spiro atoms. The second kappa shape index (κ2) is 7.94. The summed E-state index contributed by atoms with van der Waals surface area (Å²) < 4.78 is 6.25. The van der Waals surface area contributed by atoms with Crippen LogP contribution in [0.1, 0.15) is 26.3 Å². The summed E-state index contributed by atoms with van der Waals surface area (Å²) in [6.45, 7) is 7.55. The predicted octanol–water partition coefficient (Wildman–Crippen LogP) is 2.81. The Balaban J connectivity index is 2.27.